The van der Waals surface area contributed by atoms with Crippen molar-refractivity contribution in [1.29, 1.82) is 0 Å². The third-order valence-electron chi connectivity index (χ3n) is 5.60. The molecule has 0 saturated carbocycles. The maximum atomic E-state index is 12.4. The number of rotatable bonds is 5. The van der Waals surface area contributed by atoms with Gasteiger partial charge < -0.3 is 14.7 Å². The largest absolute Gasteiger partial charge is 0.342 e. The minimum atomic E-state index is 0.195. The number of amides is 1. The number of aryl methyl sites for hydroxylation is 1. The average Bonchev–Trinajstić information content (AvgIpc) is 3.35. The van der Waals surface area contributed by atoms with Crippen LogP contribution >= 0.6 is 0 Å². The Morgan fingerprint density at radius 2 is 1.92 bits per heavy atom. The molecule has 2 atom stereocenters. The first-order valence-corrected chi connectivity index (χ1v) is 9.51. The quantitative estimate of drug-likeness (QED) is 0.893. The highest BCUT2D eigenvalue weighted by Gasteiger charge is 2.37. The maximum Gasteiger partial charge on any atom is 0.227 e. The van der Waals surface area contributed by atoms with Gasteiger partial charge in [-0.25, -0.2) is 0 Å². The Kier molecular flexibility index (Phi) is 4.76. The summed E-state index contributed by atoms with van der Waals surface area (Å²) >= 11 is 0. The summed E-state index contributed by atoms with van der Waals surface area (Å²) in [5, 5.41) is 7.46. The van der Waals surface area contributed by atoms with Gasteiger partial charge in [0.2, 0.25) is 17.6 Å². The lowest BCUT2D eigenvalue weighted by atomic mass is 10.0. The first kappa shape index (κ1) is 17.2. The van der Waals surface area contributed by atoms with Crippen LogP contribution in [0.4, 0.5) is 0 Å². The average molecular weight is 354 g/mol. The highest BCUT2D eigenvalue weighted by atomic mass is 16.5. The third kappa shape index (κ3) is 3.51. The smallest absolute Gasteiger partial charge is 0.227 e. The summed E-state index contributed by atoms with van der Waals surface area (Å²) < 4.78 is 5.34. The van der Waals surface area contributed by atoms with E-state index in [2.05, 4.69) is 41.4 Å². The van der Waals surface area contributed by atoms with Crippen LogP contribution in [0.25, 0.3) is 11.4 Å². The Morgan fingerprint density at radius 3 is 2.58 bits per heavy atom. The number of aromatic nitrogens is 2. The molecule has 0 unspecified atom stereocenters. The minimum Gasteiger partial charge on any atom is -0.342 e. The van der Waals surface area contributed by atoms with E-state index in [1.54, 1.807) is 0 Å². The monoisotopic (exact) mass is 354 g/mol. The van der Waals surface area contributed by atoms with Crippen molar-refractivity contribution in [3.05, 3.63) is 35.7 Å². The Bertz CT molecular complexity index is 756. The molecule has 2 aliphatic heterocycles. The van der Waals surface area contributed by atoms with Crippen molar-refractivity contribution in [1.82, 2.24) is 20.4 Å². The Labute approximate surface area is 154 Å². The van der Waals surface area contributed by atoms with E-state index in [-0.39, 0.29) is 5.91 Å². The second-order valence-electron chi connectivity index (χ2n) is 7.77. The molecule has 2 aromatic rings. The predicted molar refractivity (Wildman–Crippen MR) is 98.6 cm³/mol. The predicted octanol–water partition coefficient (Wildman–Crippen LogP) is 2.47. The Morgan fingerprint density at radius 1 is 1.23 bits per heavy atom. The van der Waals surface area contributed by atoms with E-state index in [1.807, 2.05) is 17.0 Å². The molecule has 1 aromatic heterocycles. The summed E-state index contributed by atoms with van der Waals surface area (Å²) in [5.41, 5.74) is 2.23. The summed E-state index contributed by atoms with van der Waals surface area (Å²) in [6.07, 6.45) is 0.931. The number of carbonyl (C=O) groups excluding carboxylic acids is 1. The molecule has 6 nitrogen and oxygen atoms in total. The second-order valence-corrected chi connectivity index (χ2v) is 7.77. The van der Waals surface area contributed by atoms with Gasteiger partial charge in [-0.2, -0.15) is 4.98 Å². The molecule has 138 valence electrons. The maximum absolute atomic E-state index is 12.4. The van der Waals surface area contributed by atoms with Gasteiger partial charge in [0.15, 0.2) is 0 Å². The molecule has 26 heavy (non-hydrogen) atoms. The van der Waals surface area contributed by atoms with Crippen LogP contribution in [0.1, 0.15) is 37.6 Å². The first-order valence-electron chi connectivity index (χ1n) is 9.51. The van der Waals surface area contributed by atoms with E-state index in [0.29, 0.717) is 42.3 Å². The zero-order chi connectivity index (χ0) is 18.1. The van der Waals surface area contributed by atoms with Crippen molar-refractivity contribution >= 4 is 5.91 Å². The fourth-order valence-corrected chi connectivity index (χ4v) is 3.92. The van der Waals surface area contributed by atoms with Crippen molar-refractivity contribution in [3.63, 3.8) is 0 Å². The molecule has 3 heterocycles. The summed E-state index contributed by atoms with van der Waals surface area (Å²) in [7, 11) is 0. The van der Waals surface area contributed by atoms with Crippen molar-refractivity contribution in [3.8, 4) is 11.4 Å². The van der Waals surface area contributed by atoms with Gasteiger partial charge in [-0.15, -0.1) is 0 Å². The SMILES string of the molecule is CC(C)c1ccc(-c2noc(CCC(=O)N3C[C@H]4CNC[C@H]4C3)n2)cc1. The van der Waals surface area contributed by atoms with E-state index in [4.69, 9.17) is 4.52 Å². The molecule has 0 spiro atoms. The van der Waals surface area contributed by atoms with Gasteiger partial charge in [0.1, 0.15) is 0 Å². The van der Waals surface area contributed by atoms with Crippen LogP contribution in [0.15, 0.2) is 28.8 Å². The molecule has 4 rings (SSSR count). The van der Waals surface area contributed by atoms with Crippen LogP contribution in [0, 0.1) is 11.8 Å². The normalized spacial score (nSPS) is 22.2. The zero-order valence-electron chi connectivity index (χ0n) is 15.4. The van der Waals surface area contributed by atoms with Gasteiger partial charge in [-0.05, 0) is 23.3 Å². The van der Waals surface area contributed by atoms with Gasteiger partial charge in [0.05, 0.1) is 0 Å². The van der Waals surface area contributed by atoms with Crippen LogP contribution in [0.5, 0.6) is 0 Å². The van der Waals surface area contributed by atoms with Crippen molar-refractivity contribution in [2.45, 2.75) is 32.6 Å². The zero-order valence-corrected chi connectivity index (χ0v) is 15.4. The lowest BCUT2D eigenvalue weighted by Gasteiger charge is -2.16. The van der Waals surface area contributed by atoms with E-state index >= 15 is 0 Å². The number of likely N-dealkylation sites (tertiary alicyclic amines) is 1. The summed E-state index contributed by atoms with van der Waals surface area (Å²) in [6, 6.07) is 8.23. The number of benzene rings is 1. The topological polar surface area (TPSA) is 71.3 Å². The fourth-order valence-electron chi connectivity index (χ4n) is 3.92. The molecule has 2 aliphatic rings. The van der Waals surface area contributed by atoms with Crippen LogP contribution in [-0.4, -0.2) is 47.1 Å². The third-order valence-corrected chi connectivity index (χ3v) is 5.60. The summed E-state index contributed by atoms with van der Waals surface area (Å²) in [5.74, 6) is 3.06. The molecule has 1 amide bonds. The minimum absolute atomic E-state index is 0.195. The molecule has 0 radical (unpaired) electrons. The highest BCUT2D eigenvalue weighted by molar-refractivity contribution is 5.76. The molecule has 1 aromatic carbocycles. The highest BCUT2D eigenvalue weighted by Crippen LogP contribution is 2.27. The number of nitrogens with zero attached hydrogens (tertiary/aromatic N) is 3. The van der Waals surface area contributed by atoms with E-state index in [0.717, 1.165) is 31.7 Å². The molecular weight excluding hydrogens is 328 g/mol. The van der Waals surface area contributed by atoms with Crippen molar-refractivity contribution in [2.24, 2.45) is 11.8 Å². The molecule has 2 fully saturated rings. The van der Waals surface area contributed by atoms with Crippen LogP contribution in [0.3, 0.4) is 0 Å². The van der Waals surface area contributed by atoms with Gasteiger partial charge in [-0.3, -0.25) is 4.79 Å². The first-order chi connectivity index (χ1) is 12.6. The van der Waals surface area contributed by atoms with Crippen LogP contribution in [0.2, 0.25) is 0 Å². The van der Waals surface area contributed by atoms with Gasteiger partial charge in [0, 0.05) is 44.6 Å². The second kappa shape index (κ2) is 7.19. The van der Waals surface area contributed by atoms with E-state index < -0.39 is 0 Å². The number of fused-ring (bicyclic) bond motifs is 1. The van der Waals surface area contributed by atoms with Gasteiger partial charge >= 0.3 is 0 Å². The summed E-state index contributed by atoms with van der Waals surface area (Å²) in [6.45, 7) is 8.18. The van der Waals surface area contributed by atoms with Gasteiger partial charge in [-0.1, -0.05) is 43.3 Å². The molecule has 6 heteroatoms. The molecule has 0 aliphatic carbocycles. The van der Waals surface area contributed by atoms with Crippen LogP contribution in [-0.2, 0) is 11.2 Å². The Hall–Kier alpha value is -2.21. The van der Waals surface area contributed by atoms with Gasteiger partial charge in [0.25, 0.3) is 0 Å². The standard InChI is InChI=1S/C20H26N4O2/c1-13(2)14-3-5-15(6-4-14)20-22-18(26-23-20)7-8-19(25)24-11-16-9-21-10-17(16)12-24/h3-6,13,16-17,21H,7-12H2,1-2H3/t16-,17+. The summed E-state index contributed by atoms with van der Waals surface area (Å²) in [4.78, 5) is 18.9. The van der Waals surface area contributed by atoms with E-state index in [1.165, 1.54) is 5.56 Å². The number of hydrogen-bond donors (Lipinski definition) is 1. The number of nitrogens with one attached hydrogen (secondary N) is 1. The molecular formula is C20H26N4O2. The molecule has 2 saturated heterocycles. The lowest BCUT2D eigenvalue weighted by Crippen LogP contribution is -2.32. The molecule has 1 N–H and O–H groups in total. The van der Waals surface area contributed by atoms with Crippen LogP contribution < -0.4 is 5.32 Å². The van der Waals surface area contributed by atoms with Crippen molar-refractivity contribution < 1.29 is 9.32 Å². The molecule has 0 bridgehead atoms. The number of carbonyl (C=O) groups is 1. The van der Waals surface area contributed by atoms with Crippen molar-refractivity contribution in [2.75, 3.05) is 26.2 Å². The lowest BCUT2D eigenvalue weighted by molar-refractivity contribution is -0.130. The Balaban J connectivity index is 1.33. The fraction of sp³-hybridized carbons (Fsp3) is 0.550. The van der Waals surface area contributed by atoms with E-state index in [9.17, 15) is 4.79 Å². The number of hydrogen-bond acceptors (Lipinski definition) is 5.